The lowest BCUT2D eigenvalue weighted by molar-refractivity contribution is -0.137. The van der Waals surface area contributed by atoms with Crippen molar-refractivity contribution < 1.29 is 19.4 Å². The number of ether oxygens (including phenoxy) is 1. The van der Waals surface area contributed by atoms with Gasteiger partial charge >= 0.3 is 12.0 Å². The molecule has 2 rings (SSSR count). The van der Waals surface area contributed by atoms with Crippen LogP contribution < -0.4 is 5.32 Å². The molecule has 2 aliphatic heterocycles. The topological polar surface area (TPSA) is 78.9 Å². The third-order valence-electron chi connectivity index (χ3n) is 4.36. The van der Waals surface area contributed by atoms with E-state index < -0.39 is 5.97 Å². The molecule has 0 saturated carbocycles. The van der Waals surface area contributed by atoms with Crippen molar-refractivity contribution in [2.24, 2.45) is 5.92 Å². The van der Waals surface area contributed by atoms with Crippen LogP contribution in [0.3, 0.4) is 0 Å². The van der Waals surface area contributed by atoms with Gasteiger partial charge in [0.15, 0.2) is 0 Å². The van der Waals surface area contributed by atoms with Gasteiger partial charge in [0.1, 0.15) is 0 Å². The average Bonchev–Trinajstić information content (AvgIpc) is 2.95. The van der Waals surface area contributed by atoms with Crippen LogP contribution in [-0.2, 0) is 9.53 Å². The second kappa shape index (κ2) is 8.22. The number of nitrogens with one attached hydrogen (secondary N) is 1. The highest BCUT2D eigenvalue weighted by atomic mass is 16.5. The number of nitrogens with zero attached hydrogens (tertiary/aromatic N) is 1. The summed E-state index contributed by atoms with van der Waals surface area (Å²) in [5, 5.41) is 11.6. The van der Waals surface area contributed by atoms with E-state index in [0.717, 1.165) is 38.8 Å². The molecule has 2 heterocycles. The number of hydrogen-bond donors (Lipinski definition) is 2. The molecule has 2 fully saturated rings. The fourth-order valence-electron chi connectivity index (χ4n) is 3.07. The third kappa shape index (κ3) is 5.53. The minimum atomic E-state index is -0.759. The molecule has 2 N–H and O–H groups in total. The SMILES string of the molecule is O=C(O)CCC1CCN(C(=O)NCCC2CCCCO2)C1. The van der Waals surface area contributed by atoms with Gasteiger partial charge in [0.05, 0.1) is 6.10 Å². The summed E-state index contributed by atoms with van der Waals surface area (Å²) >= 11 is 0. The minimum Gasteiger partial charge on any atom is -0.481 e. The van der Waals surface area contributed by atoms with Gasteiger partial charge in [0.25, 0.3) is 0 Å². The van der Waals surface area contributed by atoms with Crippen molar-refractivity contribution in [3.8, 4) is 0 Å². The highest BCUT2D eigenvalue weighted by Crippen LogP contribution is 2.21. The number of amides is 2. The van der Waals surface area contributed by atoms with E-state index in [1.807, 2.05) is 0 Å². The highest BCUT2D eigenvalue weighted by Gasteiger charge is 2.26. The van der Waals surface area contributed by atoms with Crippen molar-refractivity contribution in [3.05, 3.63) is 0 Å². The fraction of sp³-hybridized carbons (Fsp3) is 0.867. The number of carboxylic acid groups (broad SMARTS) is 1. The third-order valence-corrected chi connectivity index (χ3v) is 4.36. The van der Waals surface area contributed by atoms with E-state index in [0.29, 0.717) is 31.5 Å². The van der Waals surface area contributed by atoms with E-state index in [9.17, 15) is 9.59 Å². The summed E-state index contributed by atoms with van der Waals surface area (Å²) in [6, 6.07) is -0.0244. The Morgan fingerprint density at radius 1 is 1.24 bits per heavy atom. The zero-order chi connectivity index (χ0) is 15.1. The standard InChI is InChI=1S/C15H26N2O4/c18-14(19)5-4-12-7-9-17(11-12)15(20)16-8-6-13-3-1-2-10-21-13/h12-13H,1-11H2,(H,16,20)(H,18,19). The molecule has 0 aromatic rings. The van der Waals surface area contributed by atoms with Crippen molar-refractivity contribution >= 4 is 12.0 Å². The van der Waals surface area contributed by atoms with Gasteiger partial charge in [0.2, 0.25) is 0 Å². The number of aliphatic carboxylic acids is 1. The molecular weight excluding hydrogens is 272 g/mol. The van der Waals surface area contributed by atoms with E-state index in [1.165, 1.54) is 6.42 Å². The van der Waals surface area contributed by atoms with Gasteiger partial charge in [-0.1, -0.05) is 0 Å². The largest absolute Gasteiger partial charge is 0.481 e. The number of hydrogen-bond acceptors (Lipinski definition) is 3. The molecule has 6 nitrogen and oxygen atoms in total. The van der Waals surface area contributed by atoms with E-state index >= 15 is 0 Å². The van der Waals surface area contributed by atoms with Gasteiger partial charge in [-0.15, -0.1) is 0 Å². The molecule has 0 spiro atoms. The molecule has 2 unspecified atom stereocenters. The number of carbonyl (C=O) groups is 2. The predicted molar refractivity (Wildman–Crippen MR) is 78.2 cm³/mol. The molecule has 2 aliphatic rings. The van der Waals surface area contributed by atoms with Crippen molar-refractivity contribution in [3.63, 3.8) is 0 Å². The second-order valence-electron chi connectivity index (χ2n) is 6.04. The van der Waals surface area contributed by atoms with Gasteiger partial charge in [-0.3, -0.25) is 4.79 Å². The van der Waals surface area contributed by atoms with Crippen LogP contribution in [0.5, 0.6) is 0 Å². The maximum atomic E-state index is 12.0. The van der Waals surface area contributed by atoms with Crippen LogP contribution in [0.15, 0.2) is 0 Å². The molecule has 2 saturated heterocycles. The van der Waals surface area contributed by atoms with Gasteiger partial charge in [-0.2, -0.15) is 0 Å². The summed E-state index contributed by atoms with van der Waals surface area (Å²) in [6.45, 7) is 2.91. The lowest BCUT2D eigenvalue weighted by atomic mass is 10.0. The number of likely N-dealkylation sites (tertiary alicyclic amines) is 1. The van der Waals surface area contributed by atoms with E-state index in [1.54, 1.807) is 4.90 Å². The number of urea groups is 1. The van der Waals surface area contributed by atoms with Crippen LogP contribution in [0.25, 0.3) is 0 Å². The van der Waals surface area contributed by atoms with Crippen molar-refractivity contribution in [2.45, 2.75) is 51.0 Å². The summed E-state index contributed by atoms with van der Waals surface area (Å²) in [7, 11) is 0. The summed E-state index contributed by atoms with van der Waals surface area (Å²) < 4.78 is 5.64. The molecular formula is C15H26N2O4. The number of rotatable bonds is 6. The molecule has 2 amide bonds. The average molecular weight is 298 g/mol. The Hall–Kier alpha value is -1.30. The Labute approximate surface area is 125 Å². The first kappa shape index (κ1) is 16.1. The molecule has 21 heavy (non-hydrogen) atoms. The van der Waals surface area contributed by atoms with Crippen LogP contribution in [0.1, 0.15) is 44.9 Å². The Balaban J connectivity index is 1.59. The first-order valence-corrected chi connectivity index (χ1v) is 8.01. The monoisotopic (exact) mass is 298 g/mol. The molecule has 0 bridgehead atoms. The van der Waals surface area contributed by atoms with Gasteiger partial charge < -0.3 is 20.1 Å². The molecule has 6 heteroatoms. The summed E-state index contributed by atoms with van der Waals surface area (Å²) in [4.78, 5) is 24.4. The van der Waals surface area contributed by atoms with Crippen LogP contribution in [0.4, 0.5) is 4.79 Å². The second-order valence-corrected chi connectivity index (χ2v) is 6.04. The molecule has 0 aromatic carbocycles. The zero-order valence-electron chi connectivity index (χ0n) is 12.6. The lowest BCUT2D eigenvalue weighted by Crippen LogP contribution is -2.40. The summed E-state index contributed by atoms with van der Waals surface area (Å²) in [6.07, 6.45) is 6.39. The van der Waals surface area contributed by atoms with Gasteiger partial charge in [-0.05, 0) is 44.4 Å². The van der Waals surface area contributed by atoms with Gasteiger partial charge in [-0.25, -0.2) is 4.79 Å². The Bertz CT molecular complexity index is 356. The fourth-order valence-corrected chi connectivity index (χ4v) is 3.07. The maximum absolute atomic E-state index is 12.0. The Morgan fingerprint density at radius 3 is 2.81 bits per heavy atom. The van der Waals surface area contributed by atoms with E-state index in [-0.39, 0.29) is 12.5 Å². The Kier molecular flexibility index (Phi) is 6.29. The summed E-state index contributed by atoms with van der Waals surface area (Å²) in [5.74, 6) is -0.432. The van der Waals surface area contributed by atoms with Crippen LogP contribution >= 0.6 is 0 Å². The van der Waals surface area contributed by atoms with Gasteiger partial charge in [0, 0.05) is 32.7 Å². The molecule has 2 atom stereocenters. The van der Waals surface area contributed by atoms with Crippen molar-refractivity contribution in [1.29, 1.82) is 0 Å². The Morgan fingerprint density at radius 2 is 2.10 bits per heavy atom. The summed E-state index contributed by atoms with van der Waals surface area (Å²) in [5.41, 5.74) is 0. The predicted octanol–water partition coefficient (Wildman–Crippen LogP) is 1.84. The normalized spacial score (nSPS) is 25.8. The quantitative estimate of drug-likeness (QED) is 0.784. The van der Waals surface area contributed by atoms with Crippen molar-refractivity contribution in [1.82, 2.24) is 10.2 Å². The molecule has 0 radical (unpaired) electrons. The molecule has 120 valence electrons. The van der Waals surface area contributed by atoms with Crippen molar-refractivity contribution in [2.75, 3.05) is 26.2 Å². The van der Waals surface area contributed by atoms with E-state index in [4.69, 9.17) is 9.84 Å². The van der Waals surface area contributed by atoms with Crippen LogP contribution in [0.2, 0.25) is 0 Å². The first-order chi connectivity index (χ1) is 10.1. The number of carboxylic acids is 1. The first-order valence-electron chi connectivity index (χ1n) is 8.01. The molecule has 0 aromatic heterocycles. The highest BCUT2D eigenvalue weighted by molar-refractivity contribution is 5.74. The number of carbonyl (C=O) groups excluding carboxylic acids is 1. The van der Waals surface area contributed by atoms with E-state index in [2.05, 4.69) is 5.32 Å². The maximum Gasteiger partial charge on any atom is 0.317 e. The zero-order valence-corrected chi connectivity index (χ0v) is 12.6. The van der Waals surface area contributed by atoms with Crippen LogP contribution in [-0.4, -0.2) is 54.4 Å². The lowest BCUT2D eigenvalue weighted by Gasteiger charge is -2.23. The molecule has 0 aliphatic carbocycles. The minimum absolute atomic E-state index is 0.0244. The smallest absolute Gasteiger partial charge is 0.317 e. The van der Waals surface area contributed by atoms with Crippen LogP contribution in [0, 0.1) is 5.92 Å².